The Kier molecular flexibility index (Phi) is 5.79. The van der Waals surface area contributed by atoms with Crippen molar-refractivity contribution in [2.24, 2.45) is 5.92 Å². The third-order valence-corrected chi connectivity index (χ3v) is 2.91. The molecule has 2 atom stereocenters. The van der Waals surface area contributed by atoms with E-state index in [1.807, 2.05) is 6.07 Å². The van der Waals surface area contributed by atoms with Gasteiger partial charge in [-0.2, -0.15) is 5.26 Å². The summed E-state index contributed by atoms with van der Waals surface area (Å²) in [4.78, 5) is 22.8. The topological polar surface area (TPSA) is 90.2 Å². The maximum atomic E-state index is 13.0. The van der Waals surface area contributed by atoms with Gasteiger partial charge in [0.1, 0.15) is 6.04 Å². The minimum atomic E-state index is -1.25. The maximum absolute atomic E-state index is 13.0. The molecule has 0 radical (unpaired) electrons. The van der Waals surface area contributed by atoms with Crippen molar-refractivity contribution in [1.82, 2.24) is 5.32 Å². The van der Waals surface area contributed by atoms with Crippen molar-refractivity contribution < 1.29 is 23.5 Å². The van der Waals surface area contributed by atoms with Crippen molar-refractivity contribution in [2.75, 3.05) is 0 Å². The number of halogens is 2. The van der Waals surface area contributed by atoms with Gasteiger partial charge in [0.25, 0.3) is 0 Å². The van der Waals surface area contributed by atoms with Crippen molar-refractivity contribution in [2.45, 2.75) is 25.8 Å². The molecule has 0 spiro atoms. The van der Waals surface area contributed by atoms with Crippen LogP contribution in [-0.4, -0.2) is 23.0 Å². The second-order valence-corrected chi connectivity index (χ2v) is 4.65. The van der Waals surface area contributed by atoms with Crippen LogP contribution in [0.15, 0.2) is 18.2 Å². The Morgan fingerprint density at radius 3 is 2.57 bits per heavy atom. The zero-order valence-corrected chi connectivity index (χ0v) is 11.3. The highest BCUT2D eigenvalue weighted by Gasteiger charge is 2.26. The summed E-state index contributed by atoms with van der Waals surface area (Å²) in [7, 11) is 0. The van der Waals surface area contributed by atoms with E-state index in [1.165, 1.54) is 13.0 Å². The SMILES string of the molecule is C[C@@H](CC#N)[C@H](NC(=O)Cc1ccc(F)c(F)c1)C(=O)O. The van der Waals surface area contributed by atoms with E-state index in [2.05, 4.69) is 5.32 Å². The summed E-state index contributed by atoms with van der Waals surface area (Å²) in [5.74, 6) is -4.56. The second-order valence-electron chi connectivity index (χ2n) is 4.65. The monoisotopic (exact) mass is 296 g/mol. The number of hydrogen-bond acceptors (Lipinski definition) is 3. The number of carbonyl (C=O) groups is 2. The Hall–Kier alpha value is -2.49. The molecular weight excluding hydrogens is 282 g/mol. The molecule has 0 heterocycles. The van der Waals surface area contributed by atoms with Crippen molar-refractivity contribution in [3.05, 3.63) is 35.4 Å². The molecule has 7 heteroatoms. The zero-order valence-electron chi connectivity index (χ0n) is 11.3. The van der Waals surface area contributed by atoms with Crippen LogP contribution >= 0.6 is 0 Å². The van der Waals surface area contributed by atoms with E-state index in [9.17, 15) is 18.4 Å². The molecule has 0 aromatic heterocycles. The van der Waals surface area contributed by atoms with Crippen LogP contribution in [0.25, 0.3) is 0 Å². The summed E-state index contributed by atoms with van der Waals surface area (Å²) in [5, 5.41) is 19.9. The van der Waals surface area contributed by atoms with Crippen LogP contribution in [0.4, 0.5) is 8.78 Å². The first-order valence-electron chi connectivity index (χ1n) is 6.18. The molecule has 0 aliphatic rings. The zero-order chi connectivity index (χ0) is 16.0. The molecule has 5 nitrogen and oxygen atoms in total. The van der Waals surface area contributed by atoms with E-state index in [0.717, 1.165) is 12.1 Å². The molecule has 2 N–H and O–H groups in total. The van der Waals surface area contributed by atoms with Gasteiger partial charge >= 0.3 is 5.97 Å². The first kappa shape index (κ1) is 16.6. The first-order chi connectivity index (χ1) is 9.85. The van der Waals surface area contributed by atoms with E-state index in [0.29, 0.717) is 0 Å². The Balaban J connectivity index is 2.72. The molecule has 0 bridgehead atoms. The lowest BCUT2D eigenvalue weighted by Gasteiger charge is -2.19. The van der Waals surface area contributed by atoms with Crippen LogP contribution in [0.3, 0.4) is 0 Å². The normalized spacial score (nSPS) is 13.0. The summed E-state index contributed by atoms with van der Waals surface area (Å²) < 4.78 is 25.8. The number of rotatable bonds is 6. The van der Waals surface area contributed by atoms with Crippen molar-refractivity contribution >= 4 is 11.9 Å². The van der Waals surface area contributed by atoms with E-state index < -0.39 is 35.5 Å². The van der Waals surface area contributed by atoms with E-state index in [-0.39, 0.29) is 18.4 Å². The van der Waals surface area contributed by atoms with Gasteiger partial charge in [0.2, 0.25) is 5.91 Å². The lowest BCUT2D eigenvalue weighted by atomic mass is 9.98. The Labute approximate surface area is 120 Å². The van der Waals surface area contributed by atoms with Gasteiger partial charge in [-0.3, -0.25) is 4.79 Å². The molecule has 0 aliphatic carbocycles. The summed E-state index contributed by atoms with van der Waals surface area (Å²) >= 11 is 0. The fourth-order valence-corrected chi connectivity index (χ4v) is 1.77. The van der Waals surface area contributed by atoms with Gasteiger partial charge in [-0.05, 0) is 17.7 Å². The molecule has 0 aliphatic heterocycles. The Bertz CT molecular complexity index is 584. The highest BCUT2D eigenvalue weighted by Crippen LogP contribution is 2.11. The predicted octanol–water partition coefficient (Wildman–Crippen LogP) is 1.63. The van der Waals surface area contributed by atoms with Gasteiger partial charge in [0.15, 0.2) is 11.6 Å². The average Bonchev–Trinajstić information content (AvgIpc) is 2.40. The highest BCUT2D eigenvalue weighted by atomic mass is 19.2. The number of carboxylic acids is 1. The molecule has 0 unspecified atom stereocenters. The van der Waals surface area contributed by atoms with E-state index in [4.69, 9.17) is 10.4 Å². The van der Waals surface area contributed by atoms with Gasteiger partial charge in [-0.25, -0.2) is 13.6 Å². The quantitative estimate of drug-likeness (QED) is 0.834. The minimum Gasteiger partial charge on any atom is -0.480 e. The lowest BCUT2D eigenvalue weighted by molar-refractivity contribution is -0.143. The van der Waals surface area contributed by atoms with Crippen molar-refractivity contribution in [3.63, 3.8) is 0 Å². The summed E-state index contributed by atoms with van der Waals surface area (Å²) in [6, 6.07) is 3.64. The maximum Gasteiger partial charge on any atom is 0.326 e. The van der Waals surface area contributed by atoms with Crippen LogP contribution in [0.2, 0.25) is 0 Å². The number of nitrogens with one attached hydrogen (secondary N) is 1. The smallest absolute Gasteiger partial charge is 0.326 e. The molecule has 1 aromatic carbocycles. The third kappa shape index (κ3) is 4.84. The van der Waals surface area contributed by atoms with Crippen LogP contribution < -0.4 is 5.32 Å². The van der Waals surface area contributed by atoms with Gasteiger partial charge in [-0.1, -0.05) is 13.0 Å². The molecule has 0 saturated carbocycles. The molecule has 1 aromatic rings. The summed E-state index contributed by atoms with van der Waals surface area (Å²) in [5.41, 5.74) is 0.225. The van der Waals surface area contributed by atoms with E-state index in [1.54, 1.807) is 0 Å². The fraction of sp³-hybridized carbons (Fsp3) is 0.357. The first-order valence-corrected chi connectivity index (χ1v) is 6.18. The molecule has 112 valence electrons. The number of carbonyl (C=O) groups excluding carboxylic acids is 1. The molecule has 0 saturated heterocycles. The van der Waals surface area contributed by atoms with Gasteiger partial charge < -0.3 is 10.4 Å². The molecular formula is C14H14F2N2O3. The molecule has 1 rings (SSSR count). The lowest BCUT2D eigenvalue weighted by Crippen LogP contribution is -2.45. The molecule has 1 amide bonds. The fourth-order valence-electron chi connectivity index (χ4n) is 1.77. The highest BCUT2D eigenvalue weighted by molar-refractivity contribution is 5.85. The minimum absolute atomic E-state index is 0.0254. The summed E-state index contributed by atoms with van der Waals surface area (Å²) in [6.45, 7) is 1.53. The third-order valence-electron chi connectivity index (χ3n) is 2.91. The standard InChI is InChI=1S/C14H14F2N2O3/c1-8(4-5-17)13(14(20)21)18-12(19)7-9-2-3-10(15)11(16)6-9/h2-3,6,8,13H,4,7H2,1H3,(H,18,19)(H,20,21)/t8-,13-/m0/s1. The van der Waals surface area contributed by atoms with Gasteiger partial charge in [0.05, 0.1) is 12.5 Å². The summed E-state index contributed by atoms with van der Waals surface area (Å²) in [6.07, 6.45) is -0.303. The number of nitriles is 1. The second kappa shape index (κ2) is 7.33. The van der Waals surface area contributed by atoms with Gasteiger partial charge in [-0.15, -0.1) is 0 Å². The number of benzene rings is 1. The average molecular weight is 296 g/mol. The van der Waals surface area contributed by atoms with Crippen molar-refractivity contribution in [1.29, 1.82) is 5.26 Å². The van der Waals surface area contributed by atoms with Crippen LogP contribution in [0.5, 0.6) is 0 Å². The van der Waals surface area contributed by atoms with Crippen molar-refractivity contribution in [3.8, 4) is 6.07 Å². The van der Waals surface area contributed by atoms with Crippen LogP contribution in [0, 0.1) is 28.9 Å². The van der Waals surface area contributed by atoms with Gasteiger partial charge in [0, 0.05) is 12.3 Å². The predicted molar refractivity (Wildman–Crippen MR) is 69.0 cm³/mol. The van der Waals surface area contributed by atoms with E-state index >= 15 is 0 Å². The number of amides is 1. The number of hydrogen-bond donors (Lipinski definition) is 2. The number of carboxylic acid groups (broad SMARTS) is 1. The Morgan fingerprint density at radius 1 is 1.38 bits per heavy atom. The molecule has 0 fully saturated rings. The van der Waals surface area contributed by atoms with Crippen LogP contribution in [0.1, 0.15) is 18.9 Å². The molecule has 21 heavy (non-hydrogen) atoms. The number of aliphatic carboxylic acids is 1. The largest absolute Gasteiger partial charge is 0.480 e. The number of nitrogens with zero attached hydrogens (tertiary/aromatic N) is 1. The van der Waals surface area contributed by atoms with Crippen LogP contribution in [-0.2, 0) is 16.0 Å². The Morgan fingerprint density at radius 2 is 2.05 bits per heavy atom.